The largest absolute Gasteiger partial charge is 0.468 e. The highest BCUT2D eigenvalue weighted by Crippen LogP contribution is 2.60. The summed E-state index contributed by atoms with van der Waals surface area (Å²) in [6.07, 6.45) is -1.23. The van der Waals surface area contributed by atoms with Gasteiger partial charge in [-0.15, -0.1) is 4.15 Å². The minimum absolute atomic E-state index is 0.124. The number of esters is 2. The average Bonchev–Trinajstić information content (AvgIpc) is 2.59. The molecule has 0 N–H and O–H groups in total. The summed E-state index contributed by atoms with van der Waals surface area (Å²) in [7, 11) is -6.30. The molecule has 0 spiro atoms. The molecule has 0 radical (unpaired) electrons. The van der Waals surface area contributed by atoms with Crippen LogP contribution in [0.1, 0.15) is 33.3 Å². The van der Waals surface area contributed by atoms with Crippen molar-refractivity contribution in [1.29, 1.82) is 0 Å². The third kappa shape index (κ3) is 6.64. The van der Waals surface area contributed by atoms with Crippen LogP contribution in [0.4, 0.5) is 0 Å². The van der Waals surface area contributed by atoms with E-state index in [2.05, 4.69) is 4.15 Å². The van der Waals surface area contributed by atoms with Crippen LogP contribution < -0.4 is 0 Å². The maximum Gasteiger partial charge on any atom is 0.330 e. The van der Waals surface area contributed by atoms with Gasteiger partial charge in [-0.2, -0.15) is 8.42 Å². The van der Waals surface area contributed by atoms with E-state index in [1.807, 2.05) is 0 Å². The predicted molar refractivity (Wildman–Crippen MR) is 108 cm³/mol. The van der Waals surface area contributed by atoms with Crippen LogP contribution in [0, 0.1) is 6.92 Å². The molecule has 1 aromatic rings. The molecule has 0 aliphatic carbocycles. The fourth-order valence-corrected chi connectivity index (χ4v) is 7.32. The van der Waals surface area contributed by atoms with Gasteiger partial charge >= 0.3 is 11.9 Å². The molecule has 0 fully saturated rings. The van der Waals surface area contributed by atoms with Crippen molar-refractivity contribution in [2.75, 3.05) is 14.2 Å². The summed E-state index contributed by atoms with van der Waals surface area (Å²) < 4.78 is 51.0. The van der Waals surface area contributed by atoms with Crippen molar-refractivity contribution in [3.05, 3.63) is 29.8 Å². The van der Waals surface area contributed by atoms with Gasteiger partial charge in [0, 0.05) is 0 Å². The molecule has 0 heterocycles. The minimum atomic E-state index is -4.35. The van der Waals surface area contributed by atoms with Crippen LogP contribution in [0.3, 0.4) is 0 Å². The van der Waals surface area contributed by atoms with Crippen molar-refractivity contribution in [1.82, 2.24) is 0 Å². The summed E-state index contributed by atoms with van der Waals surface area (Å²) >= 11 is 0. The first-order chi connectivity index (χ1) is 13.4. The molecule has 1 aromatic carbocycles. The molecule has 11 heteroatoms. The lowest BCUT2D eigenvalue weighted by atomic mass is 10.2. The lowest BCUT2D eigenvalue weighted by molar-refractivity contribution is -0.151. The third-order valence-corrected chi connectivity index (χ3v) is 8.60. The number of benzene rings is 1. The van der Waals surface area contributed by atoms with E-state index in [0.29, 0.717) is 0 Å². The smallest absolute Gasteiger partial charge is 0.330 e. The summed E-state index contributed by atoms with van der Waals surface area (Å²) in [5.74, 6) is -2.12. The van der Waals surface area contributed by atoms with E-state index in [9.17, 15) is 18.0 Å². The van der Waals surface area contributed by atoms with E-state index in [0.717, 1.165) is 19.8 Å². The molecule has 0 saturated heterocycles. The fraction of sp³-hybridized carbons (Fsp3) is 0.556. The van der Waals surface area contributed by atoms with E-state index in [1.54, 1.807) is 46.8 Å². The highest BCUT2D eigenvalue weighted by molar-refractivity contribution is 7.93. The Labute approximate surface area is 172 Å². The minimum Gasteiger partial charge on any atom is -0.468 e. The lowest BCUT2D eigenvalue weighted by Gasteiger charge is -2.31. The van der Waals surface area contributed by atoms with Crippen LogP contribution in [0.25, 0.3) is 0 Å². The quantitative estimate of drug-likeness (QED) is 0.320. The van der Waals surface area contributed by atoms with Gasteiger partial charge in [0.1, 0.15) is 0 Å². The number of ether oxygens (including phenoxy) is 2. The maximum absolute atomic E-state index is 13.0. The second kappa shape index (κ2) is 10.3. The van der Waals surface area contributed by atoms with E-state index in [4.69, 9.17) is 18.5 Å². The Bertz CT molecular complexity index is 848. The van der Waals surface area contributed by atoms with Crippen LogP contribution in [-0.2, 0) is 38.1 Å². The molecule has 164 valence electrons. The number of aryl methyl sites for hydroxylation is 1. The molecule has 0 atom stereocenters. The monoisotopic (exact) mass is 449 g/mol. The standard InChI is InChI=1S/C18H28NO8PS/c1-12(2)26-28(27-13(3)4,16(17(20)24-6)18(21)25-7)19-29(22,23)15-10-8-14(5)9-11-15/h8-13,16H,1-7H3. The van der Waals surface area contributed by atoms with Crippen LogP contribution in [0.15, 0.2) is 33.3 Å². The molecular formula is C18H28NO8PS. The van der Waals surface area contributed by atoms with Crippen LogP contribution >= 0.6 is 7.51 Å². The van der Waals surface area contributed by atoms with Crippen LogP contribution in [-0.4, -0.2) is 52.4 Å². The number of nitrogens with zero attached hydrogens (tertiary/aromatic N) is 1. The Kier molecular flexibility index (Phi) is 9.02. The molecule has 29 heavy (non-hydrogen) atoms. The fourth-order valence-electron chi connectivity index (χ4n) is 2.33. The summed E-state index contributed by atoms with van der Waals surface area (Å²) in [4.78, 5) is 24.8. The number of sulfonamides is 1. The Morgan fingerprint density at radius 2 is 1.31 bits per heavy atom. The molecule has 0 aromatic heterocycles. The Morgan fingerprint density at radius 1 is 0.897 bits per heavy atom. The van der Waals surface area contributed by atoms with Crippen molar-refractivity contribution in [2.24, 2.45) is 4.15 Å². The Balaban J connectivity index is 3.88. The van der Waals surface area contributed by atoms with Crippen molar-refractivity contribution in [3.63, 3.8) is 0 Å². The van der Waals surface area contributed by atoms with Gasteiger partial charge < -0.3 is 18.5 Å². The molecule has 0 aliphatic rings. The van der Waals surface area contributed by atoms with Gasteiger partial charge in [-0.3, -0.25) is 9.59 Å². The molecule has 9 nitrogen and oxygen atoms in total. The molecule has 1 rings (SSSR count). The number of rotatable bonds is 9. The zero-order valence-corrected chi connectivity index (χ0v) is 19.3. The first-order valence-electron chi connectivity index (χ1n) is 8.86. The summed E-state index contributed by atoms with van der Waals surface area (Å²) in [6, 6.07) is 5.96. The molecular weight excluding hydrogens is 421 g/mol. The van der Waals surface area contributed by atoms with Gasteiger partial charge in [0.15, 0.2) is 0 Å². The second-order valence-corrected chi connectivity index (χ2v) is 10.8. The second-order valence-electron chi connectivity index (χ2n) is 6.69. The van der Waals surface area contributed by atoms with Gasteiger partial charge in [0.2, 0.25) is 5.66 Å². The number of methoxy groups -OCH3 is 2. The molecule has 0 saturated carbocycles. The zero-order valence-electron chi connectivity index (χ0n) is 17.6. The van der Waals surface area contributed by atoms with Crippen molar-refractivity contribution >= 4 is 29.5 Å². The van der Waals surface area contributed by atoms with Gasteiger partial charge in [0.25, 0.3) is 17.5 Å². The van der Waals surface area contributed by atoms with Gasteiger partial charge in [-0.1, -0.05) is 17.7 Å². The Hall–Kier alpha value is -1.74. The normalized spacial score (nSPS) is 12.3. The van der Waals surface area contributed by atoms with E-state index < -0.39 is 47.3 Å². The highest BCUT2D eigenvalue weighted by Gasteiger charge is 2.49. The first kappa shape index (κ1) is 25.3. The topological polar surface area (TPSA) is 118 Å². The summed E-state index contributed by atoms with van der Waals surface area (Å²) in [5.41, 5.74) is -0.966. The SMILES string of the molecule is COC(=O)C(C(=O)OC)P(=NS(=O)(=O)c1ccc(C)cc1)(OC(C)C)OC(C)C. The first-order valence-corrected chi connectivity index (χ1v) is 11.9. The van der Waals surface area contributed by atoms with Crippen molar-refractivity contribution in [2.45, 2.75) is 57.4 Å². The molecule has 0 unspecified atom stereocenters. The van der Waals surface area contributed by atoms with E-state index in [1.165, 1.54) is 12.1 Å². The number of carbonyl (C=O) groups is 2. The van der Waals surface area contributed by atoms with Crippen LogP contribution in [0.2, 0.25) is 0 Å². The number of carbonyl (C=O) groups excluding carboxylic acids is 2. The predicted octanol–water partition coefficient (Wildman–Crippen LogP) is 3.28. The average molecular weight is 449 g/mol. The maximum atomic E-state index is 13.0. The molecule has 0 bridgehead atoms. The number of hydrogen-bond acceptors (Lipinski definition) is 8. The van der Waals surface area contributed by atoms with Crippen LogP contribution in [0.5, 0.6) is 0 Å². The van der Waals surface area contributed by atoms with Crippen molar-refractivity contribution in [3.8, 4) is 0 Å². The van der Waals surface area contributed by atoms with Gasteiger partial charge in [0.05, 0.1) is 31.3 Å². The molecule has 0 amide bonds. The van der Waals surface area contributed by atoms with Gasteiger partial charge in [-0.05, 0) is 46.8 Å². The van der Waals surface area contributed by atoms with E-state index >= 15 is 0 Å². The summed E-state index contributed by atoms with van der Waals surface area (Å²) in [6.45, 7) is 8.24. The zero-order chi connectivity index (χ0) is 22.4. The molecule has 0 aliphatic heterocycles. The highest BCUT2D eigenvalue weighted by atomic mass is 32.2. The lowest BCUT2D eigenvalue weighted by Crippen LogP contribution is -2.35. The summed E-state index contributed by atoms with van der Waals surface area (Å²) in [5, 5.41) is 0. The van der Waals surface area contributed by atoms with Crippen molar-refractivity contribution < 1.29 is 36.5 Å². The van der Waals surface area contributed by atoms with Gasteiger partial charge in [-0.25, -0.2) is 0 Å². The van der Waals surface area contributed by atoms with E-state index in [-0.39, 0.29) is 4.90 Å². The Morgan fingerprint density at radius 3 is 1.66 bits per heavy atom. The number of hydrogen-bond donors (Lipinski definition) is 0. The third-order valence-electron chi connectivity index (χ3n) is 3.44.